The van der Waals surface area contributed by atoms with Crippen molar-refractivity contribution in [1.82, 2.24) is 10.6 Å². The van der Waals surface area contributed by atoms with Crippen molar-refractivity contribution in [2.75, 3.05) is 5.32 Å². The van der Waals surface area contributed by atoms with Crippen molar-refractivity contribution in [3.8, 4) is 0 Å². The third-order valence-corrected chi connectivity index (χ3v) is 4.75. The van der Waals surface area contributed by atoms with Crippen LogP contribution < -0.4 is 21.7 Å². The Morgan fingerprint density at radius 3 is 2.56 bits per heavy atom. The van der Waals surface area contributed by atoms with E-state index in [9.17, 15) is 24.6 Å². The van der Waals surface area contributed by atoms with E-state index in [0.29, 0.717) is 10.2 Å². The van der Waals surface area contributed by atoms with Gasteiger partial charge < -0.3 is 31.9 Å². The Hall–Kier alpha value is -2.43. The second-order valence-corrected chi connectivity index (χ2v) is 7.01. The van der Waals surface area contributed by atoms with Crippen molar-refractivity contribution in [3.05, 3.63) is 40.4 Å². The molecule has 0 heterocycles. The molecule has 1 aliphatic rings. The van der Waals surface area contributed by atoms with Gasteiger partial charge >= 0.3 is 6.03 Å². The van der Waals surface area contributed by atoms with E-state index in [-0.39, 0.29) is 12.0 Å². The van der Waals surface area contributed by atoms with Crippen LogP contribution in [0, 0.1) is 0 Å². The molecule has 27 heavy (non-hydrogen) atoms. The predicted molar refractivity (Wildman–Crippen MR) is 102 cm³/mol. The topological polar surface area (TPSA) is 154 Å². The number of halogens is 1. The Labute approximate surface area is 164 Å². The maximum atomic E-state index is 12.2. The van der Waals surface area contributed by atoms with Crippen LogP contribution in [0.4, 0.5) is 10.5 Å². The first-order valence-corrected chi connectivity index (χ1v) is 8.97. The summed E-state index contributed by atoms with van der Waals surface area (Å²) in [6.45, 7) is 1.43. The molecular formula is C17H21BrN4O5. The second-order valence-electron chi connectivity index (χ2n) is 6.16. The molecule has 0 bridgehead atoms. The molecule has 1 aromatic carbocycles. The zero-order valence-corrected chi connectivity index (χ0v) is 16.1. The first-order valence-electron chi connectivity index (χ1n) is 8.18. The van der Waals surface area contributed by atoms with Gasteiger partial charge in [0.05, 0.1) is 17.8 Å². The number of hydrogen-bond acceptors (Lipinski definition) is 5. The summed E-state index contributed by atoms with van der Waals surface area (Å²) in [5.41, 5.74) is 5.75. The molecule has 0 aromatic heterocycles. The summed E-state index contributed by atoms with van der Waals surface area (Å²) >= 11 is 3.30. The summed E-state index contributed by atoms with van der Waals surface area (Å²) in [5.74, 6) is -1.31. The molecule has 0 saturated heterocycles. The SMILES string of the molecule is CC(NC(=O)C1=CC(NC(=O)Nc2ccccc2Br)C(O)C(O)C1)C(N)=O. The van der Waals surface area contributed by atoms with E-state index < -0.39 is 42.1 Å². The zero-order valence-electron chi connectivity index (χ0n) is 14.5. The van der Waals surface area contributed by atoms with Crippen LogP contribution in [-0.4, -0.2) is 52.4 Å². The number of nitrogens with one attached hydrogen (secondary N) is 3. The van der Waals surface area contributed by atoms with Crippen molar-refractivity contribution in [2.45, 2.75) is 37.6 Å². The van der Waals surface area contributed by atoms with Crippen molar-refractivity contribution >= 4 is 39.5 Å². The molecule has 7 N–H and O–H groups in total. The Balaban J connectivity index is 2.09. The molecule has 1 aliphatic carbocycles. The molecule has 2 rings (SSSR count). The highest BCUT2D eigenvalue weighted by Gasteiger charge is 2.34. The van der Waals surface area contributed by atoms with Crippen LogP contribution in [0.5, 0.6) is 0 Å². The highest BCUT2D eigenvalue weighted by molar-refractivity contribution is 9.10. The summed E-state index contributed by atoms with van der Waals surface area (Å²) in [7, 11) is 0. The molecule has 4 atom stereocenters. The number of carbonyl (C=O) groups is 3. The average molecular weight is 441 g/mol. The highest BCUT2D eigenvalue weighted by atomic mass is 79.9. The Bertz CT molecular complexity index is 769. The van der Waals surface area contributed by atoms with Crippen LogP contribution in [0.2, 0.25) is 0 Å². The van der Waals surface area contributed by atoms with Gasteiger partial charge in [0.1, 0.15) is 12.1 Å². The fourth-order valence-corrected chi connectivity index (χ4v) is 2.88. The van der Waals surface area contributed by atoms with Crippen LogP contribution in [-0.2, 0) is 9.59 Å². The van der Waals surface area contributed by atoms with Gasteiger partial charge in [-0.05, 0) is 35.0 Å². The molecule has 4 unspecified atom stereocenters. The van der Waals surface area contributed by atoms with Crippen molar-refractivity contribution in [3.63, 3.8) is 0 Å². The van der Waals surface area contributed by atoms with E-state index in [1.165, 1.54) is 13.0 Å². The van der Waals surface area contributed by atoms with Crippen LogP contribution in [0.25, 0.3) is 0 Å². The maximum absolute atomic E-state index is 12.2. The normalized spacial score (nSPS) is 23.0. The maximum Gasteiger partial charge on any atom is 0.319 e. The number of aliphatic hydroxyl groups excluding tert-OH is 2. The number of anilines is 1. The predicted octanol–water partition coefficient (Wildman–Crippen LogP) is -0.0189. The molecule has 0 radical (unpaired) electrons. The molecule has 0 fully saturated rings. The lowest BCUT2D eigenvalue weighted by Crippen LogP contribution is -2.52. The second kappa shape index (κ2) is 8.98. The smallest absolute Gasteiger partial charge is 0.319 e. The van der Waals surface area contributed by atoms with Crippen molar-refractivity contribution < 1.29 is 24.6 Å². The quantitative estimate of drug-likeness (QED) is 0.379. The van der Waals surface area contributed by atoms with Gasteiger partial charge in [-0.25, -0.2) is 4.79 Å². The summed E-state index contributed by atoms with van der Waals surface area (Å²) in [5, 5.41) is 27.6. The number of para-hydroxylation sites is 1. The van der Waals surface area contributed by atoms with Crippen LogP contribution in [0.1, 0.15) is 13.3 Å². The molecule has 4 amide bonds. The fraction of sp³-hybridized carbons (Fsp3) is 0.353. The van der Waals surface area contributed by atoms with Gasteiger partial charge in [-0.1, -0.05) is 18.2 Å². The number of nitrogens with two attached hydrogens (primary N) is 1. The van der Waals surface area contributed by atoms with Crippen molar-refractivity contribution in [1.29, 1.82) is 0 Å². The lowest BCUT2D eigenvalue weighted by molar-refractivity contribution is -0.125. The number of aliphatic hydroxyl groups is 2. The lowest BCUT2D eigenvalue weighted by Gasteiger charge is -2.31. The van der Waals surface area contributed by atoms with E-state index in [2.05, 4.69) is 31.9 Å². The number of benzene rings is 1. The third kappa shape index (κ3) is 5.52. The van der Waals surface area contributed by atoms with Gasteiger partial charge in [0.2, 0.25) is 11.8 Å². The van der Waals surface area contributed by atoms with Gasteiger partial charge in [0.15, 0.2) is 0 Å². The zero-order chi connectivity index (χ0) is 20.1. The monoisotopic (exact) mass is 440 g/mol. The molecule has 0 spiro atoms. The fourth-order valence-electron chi connectivity index (χ4n) is 2.50. The van der Waals surface area contributed by atoms with Crippen LogP contribution >= 0.6 is 15.9 Å². The number of hydrogen-bond donors (Lipinski definition) is 6. The van der Waals surface area contributed by atoms with Gasteiger partial charge in [-0.15, -0.1) is 0 Å². The summed E-state index contributed by atoms with van der Waals surface area (Å²) < 4.78 is 0.667. The molecule has 1 aromatic rings. The minimum atomic E-state index is -1.29. The van der Waals surface area contributed by atoms with Crippen LogP contribution in [0.3, 0.4) is 0 Å². The molecular weight excluding hydrogens is 420 g/mol. The number of primary amides is 1. The largest absolute Gasteiger partial charge is 0.390 e. The third-order valence-electron chi connectivity index (χ3n) is 4.06. The Morgan fingerprint density at radius 1 is 1.26 bits per heavy atom. The molecule has 9 nitrogen and oxygen atoms in total. The highest BCUT2D eigenvalue weighted by Crippen LogP contribution is 2.22. The molecule has 146 valence electrons. The van der Waals surface area contributed by atoms with E-state index in [1.54, 1.807) is 24.3 Å². The number of carbonyl (C=O) groups excluding carboxylic acids is 3. The molecule has 0 saturated carbocycles. The Kier molecular flexibility index (Phi) is 6.94. The van der Waals surface area contributed by atoms with E-state index in [1.807, 2.05) is 0 Å². The summed E-state index contributed by atoms with van der Waals surface area (Å²) in [4.78, 5) is 35.5. The first-order chi connectivity index (χ1) is 12.7. The van der Waals surface area contributed by atoms with E-state index in [4.69, 9.17) is 5.73 Å². The first kappa shape index (κ1) is 20.9. The van der Waals surface area contributed by atoms with Gasteiger partial charge in [0, 0.05) is 16.5 Å². The lowest BCUT2D eigenvalue weighted by atomic mass is 9.90. The minimum Gasteiger partial charge on any atom is -0.390 e. The van der Waals surface area contributed by atoms with Gasteiger partial charge in [0.25, 0.3) is 0 Å². The van der Waals surface area contributed by atoms with Gasteiger partial charge in [-0.2, -0.15) is 0 Å². The average Bonchev–Trinajstić information content (AvgIpc) is 2.60. The number of urea groups is 1. The summed E-state index contributed by atoms with van der Waals surface area (Å²) in [6.07, 6.45) is -1.32. The Morgan fingerprint density at radius 2 is 1.93 bits per heavy atom. The number of amides is 4. The molecule has 0 aliphatic heterocycles. The van der Waals surface area contributed by atoms with E-state index >= 15 is 0 Å². The van der Waals surface area contributed by atoms with E-state index in [0.717, 1.165) is 0 Å². The number of rotatable bonds is 5. The standard InChI is InChI=1S/C17H21BrN4O5/c1-8(15(19)25)20-16(26)9-6-12(14(24)13(23)7-9)22-17(27)21-11-5-3-2-4-10(11)18/h2-6,8,12-14,23-24H,7H2,1H3,(H2,19,25)(H,20,26)(H2,21,22,27). The van der Waals surface area contributed by atoms with Crippen LogP contribution in [0.15, 0.2) is 40.4 Å². The van der Waals surface area contributed by atoms with Gasteiger partial charge in [-0.3, -0.25) is 9.59 Å². The van der Waals surface area contributed by atoms with Crippen molar-refractivity contribution in [2.24, 2.45) is 5.73 Å². The minimum absolute atomic E-state index is 0.123. The molecule has 10 heteroatoms. The summed E-state index contributed by atoms with van der Waals surface area (Å²) in [6, 6.07) is 4.43.